The summed E-state index contributed by atoms with van der Waals surface area (Å²) >= 11 is 11.7. The second-order valence-electron chi connectivity index (χ2n) is 5.82. The third-order valence-corrected chi connectivity index (χ3v) is 4.80. The monoisotopic (exact) mass is 357 g/mol. The molecule has 1 aromatic rings. The molecule has 1 fully saturated rings. The molecule has 126 valence electrons. The number of carbonyl (C=O) groups is 2. The molecule has 0 bridgehead atoms. The number of amides is 2. The first-order valence-corrected chi connectivity index (χ1v) is 8.44. The number of rotatable bonds is 4. The van der Waals surface area contributed by atoms with Crippen LogP contribution in [0.25, 0.3) is 0 Å². The Balaban J connectivity index is 1.95. The highest BCUT2D eigenvalue weighted by atomic mass is 35.5. The zero-order chi connectivity index (χ0) is 17.0. The van der Waals surface area contributed by atoms with E-state index in [4.69, 9.17) is 28.9 Å². The quantitative estimate of drug-likeness (QED) is 0.868. The Kier molecular flexibility index (Phi) is 6.27. The van der Waals surface area contributed by atoms with Crippen LogP contribution in [0.5, 0.6) is 0 Å². The molecule has 7 heteroatoms. The Hall–Kier alpha value is -1.30. The Labute approximate surface area is 146 Å². The number of piperidine rings is 1. The van der Waals surface area contributed by atoms with E-state index in [0.29, 0.717) is 22.2 Å². The molecule has 2 rings (SSSR count). The van der Waals surface area contributed by atoms with Crippen molar-refractivity contribution in [2.45, 2.75) is 38.3 Å². The third-order valence-electron chi connectivity index (χ3n) is 4.06. The number of hydrogen-bond acceptors (Lipinski definition) is 3. The first kappa shape index (κ1) is 18.0. The van der Waals surface area contributed by atoms with E-state index in [1.807, 2.05) is 6.92 Å². The molecular weight excluding hydrogens is 337 g/mol. The summed E-state index contributed by atoms with van der Waals surface area (Å²) in [6, 6.07) is 4.56. The van der Waals surface area contributed by atoms with Gasteiger partial charge in [0.05, 0.1) is 16.6 Å². The van der Waals surface area contributed by atoms with Crippen molar-refractivity contribution in [3.05, 3.63) is 33.8 Å². The standard InChI is InChI=1S/C16H21Cl2N3O2/c1-10(19)14-4-2-3-7-21(14)15(22)9-20-16(23)11-5-6-12(17)13(18)8-11/h5-6,8,10,14H,2-4,7,9,19H2,1H3,(H,20,23). The van der Waals surface area contributed by atoms with Gasteiger partial charge in [-0.2, -0.15) is 0 Å². The summed E-state index contributed by atoms with van der Waals surface area (Å²) in [5.41, 5.74) is 6.33. The molecule has 3 N–H and O–H groups in total. The van der Waals surface area contributed by atoms with E-state index in [2.05, 4.69) is 5.32 Å². The number of nitrogens with zero attached hydrogens (tertiary/aromatic N) is 1. The van der Waals surface area contributed by atoms with Gasteiger partial charge in [-0.15, -0.1) is 0 Å². The topological polar surface area (TPSA) is 75.4 Å². The summed E-state index contributed by atoms with van der Waals surface area (Å²) in [5, 5.41) is 3.32. The molecule has 0 spiro atoms. The average Bonchev–Trinajstić information content (AvgIpc) is 2.54. The zero-order valence-electron chi connectivity index (χ0n) is 13.0. The molecule has 2 unspecified atom stereocenters. The van der Waals surface area contributed by atoms with E-state index in [0.717, 1.165) is 19.3 Å². The number of nitrogens with one attached hydrogen (secondary N) is 1. The molecule has 1 heterocycles. The third kappa shape index (κ3) is 4.59. The van der Waals surface area contributed by atoms with Gasteiger partial charge in [0.1, 0.15) is 0 Å². The van der Waals surface area contributed by atoms with Crippen molar-refractivity contribution in [3.63, 3.8) is 0 Å². The van der Waals surface area contributed by atoms with E-state index < -0.39 is 0 Å². The SMILES string of the molecule is CC(N)C1CCCCN1C(=O)CNC(=O)c1ccc(Cl)c(Cl)c1. The molecule has 1 aliphatic rings. The summed E-state index contributed by atoms with van der Waals surface area (Å²) in [7, 11) is 0. The fraction of sp³-hybridized carbons (Fsp3) is 0.500. The largest absolute Gasteiger partial charge is 0.343 e. The van der Waals surface area contributed by atoms with Crippen LogP contribution < -0.4 is 11.1 Å². The number of benzene rings is 1. The molecule has 1 aromatic carbocycles. The number of halogens is 2. The maximum atomic E-state index is 12.4. The molecule has 0 aliphatic carbocycles. The van der Waals surface area contributed by atoms with Crippen LogP contribution in [0, 0.1) is 0 Å². The van der Waals surface area contributed by atoms with E-state index in [1.54, 1.807) is 17.0 Å². The van der Waals surface area contributed by atoms with Gasteiger partial charge in [-0.1, -0.05) is 23.2 Å². The highest BCUT2D eigenvalue weighted by Gasteiger charge is 2.29. The summed E-state index contributed by atoms with van der Waals surface area (Å²) in [6.07, 6.45) is 2.95. The van der Waals surface area contributed by atoms with Crippen LogP contribution in [0.4, 0.5) is 0 Å². The van der Waals surface area contributed by atoms with E-state index in [9.17, 15) is 9.59 Å². The molecule has 0 saturated carbocycles. The summed E-state index contributed by atoms with van der Waals surface area (Å²) < 4.78 is 0. The highest BCUT2D eigenvalue weighted by molar-refractivity contribution is 6.42. The maximum absolute atomic E-state index is 12.4. The summed E-state index contributed by atoms with van der Waals surface area (Å²) in [6.45, 7) is 2.54. The fourth-order valence-electron chi connectivity index (χ4n) is 2.81. The molecule has 1 saturated heterocycles. The van der Waals surface area contributed by atoms with Gasteiger partial charge in [-0.3, -0.25) is 9.59 Å². The second kappa shape index (κ2) is 7.99. The molecule has 2 atom stereocenters. The lowest BCUT2D eigenvalue weighted by Gasteiger charge is -2.38. The molecule has 2 amide bonds. The van der Waals surface area contributed by atoms with Crippen LogP contribution in [0.1, 0.15) is 36.5 Å². The van der Waals surface area contributed by atoms with Crippen LogP contribution in [0.3, 0.4) is 0 Å². The van der Waals surface area contributed by atoms with Gasteiger partial charge < -0.3 is 16.0 Å². The highest BCUT2D eigenvalue weighted by Crippen LogP contribution is 2.22. The van der Waals surface area contributed by atoms with Crippen LogP contribution in [-0.2, 0) is 4.79 Å². The lowest BCUT2D eigenvalue weighted by molar-refractivity contribution is -0.134. The van der Waals surface area contributed by atoms with E-state index >= 15 is 0 Å². The molecule has 0 radical (unpaired) electrons. The number of carbonyl (C=O) groups excluding carboxylic acids is 2. The second-order valence-corrected chi connectivity index (χ2v) is 6.64. The van der Waals surface area contributed by atoms with E-state index in [-0.39, 0.29) is 30.4 Å². The van der Waals surface area contributed by atoms with Gasteiger partial charge in [0.25, 0.3) is 5.91 Å². The summed E-state index contributed by atoms with van der Waals surface area (Å²) in [5.74, 6) is -0.466. The predicted molar refractivity (Wildman–Crippen MR) is 91.8 cm³/mol. The van der Waals surface area contributed by atoms with Gasteiger partial charge >= 0.3 is 0 Å². The maximum Gasteiger partial charge on any atom is 0.251 e. The minimum atomic E-state index is -0.355. The Morgan fingerprint density at radius 2 is 2.09 bits per heavy atom. The lowest BCUT2D eigenvalue weighted by Crippen LogP contribution is -2.54. The van der Waals surface area contributed by atoms with Gasteiger partial charge in [-0.25, -0.2) is 0 Å². The van der Waals surface area contributed by atoms with Gasteiger partial charge in [0.15, 0.2) is 0 Å². The number of likely N-dealkylation sites (tertiary alicyclic amines) is 1. The van der Waals surface area contributed by atoms with Crippen LogP contribution in [-0.4, -0.2) is 41.9 Å². The van der Waals surface area contributed by atoms with Gasteiger partial charge in [0.2, 0.25) is 5.91 Å². The van der Waals surface area contributed by atoms with Crippen molar-refractivity contribution in [1.82, 2.24) is 10.2 Å². The molecule has 5 nitrogen and oxygen atoms in total. The average molecular weight is 358 g/mol. The summed E-state index contributed by atoms with van der Waals surface area (Å²) in [4.78, 5) is 26.3. The van der Waals surface area contributed by atoms with Crippen molar-refractivity contribution >= 4 is 35.0 Å². The minimum absolute atomic E-state index is 0.0399. The first-order chi connectivity index (χ1) is 10.9. The number of nitrogens with two attached hydrogens (primary N) is 1. The van der Waals surface area contributed by atoms with Crippen molar-refractivity contribution in [3.8, 4) is 0 Å². The normalized spacial score (nSPS) is 19.3. The molecule has 0 aromatic heterocycles. The van der Waals surface area contributed by atoms with Gasteiger partial charge in [-0.05, 0) is 44.4 Å². The Morgan fingerprint density at radius 3 is 2.74 bits per heavy atom. The van der Waals surface area contributed by atoms with Crippen molar-refractivity contribution in [2.75, 3.05) is 13.1 Å². The zero-order valence-corrected chi connectivity index (χ0v) is 14.5. The Bertz CT molecular complexity index is 593. The van der Waals surface area contributed by atoms with Crippen molar-refractivity contribution < 1.29 is 9.59 Å². The van der Waals surface area contributed by atoms with Crippen molar-refractivity contribution in [2.24, 2.45) is 5.73 Å². The Morgan fingerprint density at radius 1 is 1.35 bits per heavy atom. The molecular formula is C16H21Cl2N3O2. The number of hydrogen-bond donors (Lipinski definition) is 2. The smallest absolute Gasteiger partial charge is 0.251 e. The van der Waals surface area contributed by atoms with Crippen molar-refractivity contribution in [1.29, 1.82) is 0 Å². The minimum Gasteiger partial charge on any atom is -0.343 e. The lowest BCUT2D eigenvalue weighted by atomic mass is 9.97. The van der Waals surface area contributed by atoms with Gasteiger partial charge in [0, 0.05) is 24.2 Å². The fourth-order valence-corrected chi connectivity index (χ4v) is 3.11. The van der Waals surface area contributed by atoms with Crippen LogP contribution in [0.2, 0.25) is 10.0 Å². The van der Waals surface area contributed by atoms with Crippen LogP contribution in [0.15, 0.2) is 18.2 Å². The molecule has 1 aliphatic heterocycles. The van der Waals surface area contributed by atoms with Crippen LogP contribution >= 0.6 is 23.2 Å². The van der Waals surface area contributed by atoms with E-state index in [1.165, 1.54) is 6.07 Å². The molecule has 23 heavy (non-hydrogen) atoms. The first-order valence-electron chi connectivity index (χ1n) is 7.68. The predicted octanol–water partition coefficient (Wildman–Crippen LogP) is 2.45.